The van der Waals surface area contributed by atoms with Crippen molar-refractivity contribution >= 4 is 17.3 Å². The van der Waals surface area contributed by atoms with Gasteiger partial charge in [0.1, 0.15) is 11.5 Å². The predicted molar refractivity (Wildman–Crippen MR) is 120 cm³/mol. The number of hydrogen-bond acceptors (Lipinski definition) is 5. The van der Waals surface area contributed by atoms with Crippen LogP contribution in [0.15, 0.2) is 60.7 Å². The lowest BCUT2D eigenvalue weighted by molar-refractivity contribution is -0.116. The molecule has 2 heterocycles. The summed E-state index contributed by atoms with van der Waals surface area (Å²) in [5.74, 6) is 1.27. The van der Waals surface area contributed by atoms with Crippen LogP contribution in [0.4, 0.5) is 11.4 Å². The summed E-state index contributed by atoms with van der Waals surface area (Å²) in [4.78, 5) is 12.3. The van der Waals surface area contributed by atoms with E-state index in [1.165, 1.54) is 0 Å². The van der Waals surface area contributed by atoms with Gasteiger partial charge in [-0.3, -0.25) is 4.79 Å². The van der Waals surface area contributed by atoms with Crippen molar-refractivity contribution in [2.75, 3.05) is 17.6 Å². The van der Waals surface area contributed by atoms with Gasteiger partial charge >= 0.3 is 0 Å². The van der Waals surface area contributed by atoms with Crippen LogP contribution in [0.25, 0.3) is 0 Å². The maximum Gasteiger partial charge on any atom is 0.224 e. The highest BCUT2D eigenvalue weighted by Gasteiger charge is 2.49. The number of unbranched alkanes of at least 4 members (excludes halogenated alkanes) is 1. The lowest BCUT2D eigenvalue weighted by Gasteiger charge is -2.37. The highest BCUT2D eigenvalue weighted by molar-refractivity contribution is 5.91. The SMILES string of the molecule is NCCCCC(=O)Nc1ccc2c(c1)Oc1cc(N)ccc1C21OCc2ccccc21. The molecular weight excluding hydrogens is 390 g/mol. The molecule has 31 heavy (non-hydrogen) atoms. The fourth-order valence-electron chi connectivity index (χ4n) is 4.51. The van der Waals surface area contributed by atoms with Crippen molar-refractivity contribution in [1.82, 2.24) is 0 Å². The molecule has 0 bridgehead atoms. The summed E-state index contributed by atoms with van der Waals surface area (Å²) in [7, 11) is 0. The van der Waals surface area contributed by atoms with Gasteiger partial charge in [-0.05, 0) is 54.8 Å². The van der Waals surface area contributed by atoms with Gasteiger partial charge in [-0.15, -0.1) is 0 Å². The van der Waals surface area contributed by atoms with Gasteiger partial charge in [0.15, 0.2) is 5.60 Å². The Morgan fingerprint density at radius 1 is 0.968 bits per heavy atom. The van der Waals surface area contributed by atoms with Gasteiger partial charge in [0, 0.05) is 41.1 Å². The molecule has 1 spiro atoms. The summed E-state index contributed by atoms with van der Waals surface area (Å²) in [5.41, 5.74) is 16.2. The Morgan fingerprint density at radius 2 is 1.74 bits per heavy atom. The van der Waals surface area contributed by atoms with Crippen LogP contribution >= 0.6 is 0 Å². The number of amides is 1. The van der Waals surface area contributed by atoms with E-state index < -0.39 is 5.60 Å². The summed E-state index contributed by atoms with van der Waals surface area (Å²) in [6, 6.07) is 19.6. The minimum atomic E-state index is -0.767. The van der Waals surface area contributed by atoms with Crippen LogP contribution in [0.1, 0.15) is 41.5 Å². The maximum atomic E-state index is 12.3. The van der Waals surface area contributed by atoms with Crippen LogP contribution in [-0.2, 0) is 21.7 Å². The topological polar surface area (TPSA) is 99.6 Å². The van der Waals surface area contributed by atoms with Crippen molar-refractivity contribution in [3.63, 3.8) is 0 Å². The Kier molecular flexibility index (Phi) is 4.88. The number of fused-ring (bicyclic) bond motifs is 6. The second-order valence-corrected chi connectivity index (χ2v) is 7.99. The zero-order valence-corrected chi connectivity index (χ0v) is 17.2. The predicted octanol–water partition coefficient (Wildman–Crippen LogP) is 4.26. The van der Waals surface area contributed by atoms with Gasteiger partial charge in [0.25, 0.3) is 0 Å². The number of anilines is 2. The number of carbonyl (C=O) groups is 1. The monoisotopic (exact) mass is 415 g/mol. The number of rotatable bonds is 5. The molecule has 0 aromatic heterocycles. The first-order chi connectivity index (χ1) is 15.1. The fraction of sp³-hybridized carbons (Fsp3) is 0.240. The van der Waals surface area contributed by atoms with Crippen molar-refractivity contribution in [2.45, 2.75) is 31.5 Å². The van der Waals surface area contributed by atoms with Crippen molar-refractivity contribution < 1.29 is 14.3 Å². The van der Waals surface area contributed by atoms with E-state index in [4.69, 9.17) is 20.9 Å². The average Bonchev–Trinajstić information content (AvgIpc) is 3.14. The molecule has 5 rings (SSSR count). The quantitative estimate of drug-likeness (QED) is 0.427. The molecule has 6 heteroatoms. The van der Waals surface area contributed by atoms with Gasteiger partial charge in [-0.25, -0.2) is 0 Å². The number of nitrogen functional groups attached to an aromatic ring is 1. The molecule has 1 unspecified atom stereocenters. The number of hydrogen-bond donors (Lipinski definition) is 3. The van der Waals surface area contributed by atoms with E-state index >= 15 is 0 Å². The zero-order chi connectivity index (χ0) is 21.4. The summed E-state index contributed by atoms with van der Waals surface area (Å²) >= 11 is 0. The number of benzene rings is 3. The van der Waals surface area contributed by atoms with Crippen LogP contribution in [-0.4, -0.2) is 12.5 Å². The number of ether oxygens (including phenoxy) is 2. The third-order valence-corrected chi connectivity index (χ3v) is 5.95. The third-order valence-electron chi connectivity index (χ3n) is 5.95. The Labute approximate surface area is 181 Å². The minimum Gasteiger partial charge on any atom is -0.456 e. The summed E-state index contributed by atoms with van der Waals surface area (Å²) in [5, 5.41) is 2.96. The average molecular weight is 415 g/mol. The third kappa shape index (κ3) is 3.24. The number of carbonyl (C=O) groups excluding carboxylic acids is 1. The normalized spacial score (nSPS) is 18.1. The molecule has 1 amide bonds. The second kappa shape index (κ2) is 7.72. The van der Waals surface area contributed by atoms with E-state index in [9.17, 15) is 4.79 Å². The van der Waals surface area contributed by atoms with E-state index in [0.29, 0.717) is 42.4 Å². The molecule has 2 aliphatic rings. The number of nitrogens with one attached hydrogen (secondary N) is 1. The minimum absolute atomic E-state index is 0.0361. The van der Waals surface area contributed by atoms with E-state index in [2.05, 4.69) is 17.4 Å². The largest absolute Gasteiger partial charge is 0.456 e. The van der Waals surface area contributed by atoms with Gasteiger partial charge in [0.05, 0.1) is 6.61 Å². The highest BCUT2D eigenvalue weighted by Crippen LogP contribution is 2.56. The molecular formula is C25H25N3O3. The van der Waals surface area contributed by atoms with E-state index in [-0.39, 0.29) is 5.91 Å². The van der Waals surface area contributed by atoms with Gasteiger partial charge in [-0.1, -0.05) is 24.3 Å². The molecule has 0 fully saturated rings. The number of nitrogens with two attached hydrogens (primary N) is 2. The molecule has 3 aromatic rings. The fourth-order valence-corrected chi connectivity index (χ4v) is 4.51. The van der Waals surface area contributed by atoms with Crippen molar-refractivity contribution in [3.05, 3.63) is 82.9 Å². The Hall–Kier alpha value is -3.35. The molecule has 6 nitrogen and oxygen atoms in total. The van der Waals surface area contributed by atoms with Gasteiger partial charge < -0.3 is 26.3 Å². The first-order valence-electron chi connectivity index (χ1n) is 10.6. The van der Waals surface area contributed by atoms with Crippen molar-refractivity contribution in [2.24, 2.45) is 5.73 Å². The van der Waals surface area contributed by atoms with Crippen LogP contribution in [0, 0.1) is 0 Å². The molecule has 0 radical (unpaired) electrons. The molecule has 0 aliphatic carbocycles. The molecule has 0 saturated carbocycles. The first-order valence-corrected chi connectivity index (χ1v) is 10.6. The summed E-state index contributed by atoms with van der Waals surface area (Å²) in [6.45, 7) is 1.10. The zero-order valence-electron chi connectivity index (χ0n) is 17.2. The molecule has 3 aromatic carbocycles. The first kappa shape index (κ1) is 19.6. The molecule has 1 atom stereocenters. The smallest absolute Gasteiger partial charge is 0.224 e. The second-order valence-electron chi connectivity index (χ2n) is 7.99. The van der Waals surface area contributed by atoms with Crippen LogP contribution in [0.3, 0.4) is 0 Å². The Bertz CT molecular complexity index is 1160. The van der Waals surface area contributed by atoms with E-state index in [1.807, 2.05) is 48.5 Å². The van der Waals surface area contributed by atoms with E-state index in [1.54, 1.807) is 0 Å². The molecule has 5 N–H and O–H groups in total. The van der Waals surface area contributed by atoms with Gasteiger partial charge in [-0.2, -0.15) is 0 Å². The standard InChI is InChI=1S/C25H25N3O3/c26-12-4-3-7-24(29)28-18-9-11-21-23(14-18)31-22-13-17(27)8-10-20(22)25(21)19-6-2-1-5-16(19)15-30-25/h1-2,5-6,8-11,13-14H,3-4,7,12,15,26-27H2,(H,28,29). The summed E-state index contributed by atoms with van der Waals surface area (Å²) < 4.78 is 12.8. The Morgan fingerprint density at radius 3 is 2.58 bits per heavy atom. The van der Waals surface area contributed by atoms with Crippen LogP contribution in [0.2, 0.25) is 0 Å². The van der Waals surface area contributed by atoms with Crippen molar-refractivity contribution in [1.29, 1.82) is 0 Å². The van der Waals surface area contributed by atoms with E-state index in [0.717, 1.165) is 35.1 Å². The lowest BCUT2D eigenvalue weighted by Crippen LogP contribution is -2.32. The van der Waals surface area contributed by atoms with Crippen LogP contribution in [0.5, 0.6) is 11.5 Å². The summed E-state index contributed by atoms with van der Waals surface area (Å²) in [6.07, 6.45) is 2.04. The van der Waals surface area contributed by atoms with Crippen molar-refractivity contribution in [3.8, 4) is 11.5 Å². The maximum absolute atomic E-state index is 12.3. The highest BCUT2D eigenvalue weighted by atomic mass is 16.5. The lowest BCUT2D eigenvalue weighted by atomic mass is 9.77. The Balaban J connectivity index is 1.57. The van der Waals surface area contributed by atoms with Gasteiger partial charge in [0.2, 0.25) is 5.91 Å². The molecule has 0 saturated heterocycles. The molecule has 2 aliphatic heterocycles. The molecule has 158 valence electrons. The van der Waals surface area contributed by atoms with Crippen LogP contribution < -0.4 is 21.5 Å².